The van der Waals surface area contributed by atoms with Gasteiger partial charge in [-0.05, 0) is 79.4 Å². The SMILES string of the molecule is CC.Cc1ccc2c(c1)C(c1ccccc1)(c1ccccc1)c1cc3c4c(cccc4c1-2)-c1ccccc1-3. The Bertz CT molecular complexity index is 1780. The van der Waals surface area contributed by atoms with E-state index in [0.717, 1.165) is 0 Å². The minimum atomic E-state index is -0.378. The molecule has 0 bridgehead atoms. The molecule has 0 fully saturated rings. The molecule has 0 spiro atoms. The number of rotatable bonds is 2. The van der Waals surface area contributed by atoms with E-state index in [1.165, 1.54) is 72.0 Å². The van der Waals surface area contributed by atoms with Crippen molar-refractivity contribution in [1.29, 1.82) is 0 Å². The minimum Gasteiger partial charge on any atom is -0.0683 e. The number of hydrogen-bond acceptors (Lipinski definition) is 0. The summed E-state index contributed by atoms with van der Waals surface area (Å²) in [5.41, 5.74) is 14.4. The molecule has 38 heavy (non-hydrogen) atoms. The van der Waals surface area contributed by atoms with E-state index in [0.29, 0.717) is 0 Å². The summed E-state index contributed by atoms with van der Waals surface area (Å²) in [6, 6.07) is 47.5. The number of fused-ring (bicyclic) bond motifs is 7. The maximum Gasteiger partial charge on any atom is 0.0714 e. The van der Waals surface area contributed by atoms with Crippen molar-refractivity contribution in [3.63, 3.8) is 0 Å². The second-order valence-electron chi connectivity index (χ2n) is 10.2. The Morgan fingerprint density at radius 3 is 1.68 bits per heavy atom. The summed E-state index contributed by atoms with van der Waals surface area (Å²) in [6.45, 7) is 6.21. The van der Waals surface area contributed by atoms with Crippen LogP contribution in [0.5, 0.6) is 0 Å². The van der Waals surface area contributed by atoms with Crippen LogP contribution in [0.25, 0.3) is 44.2 Å². The van der Waals surface area contributed by atoms with Crippen molar-refractivity contribution in [3.05, 3.63) is 155 Å². The lowest BCUT2D eigenvalue weighted by Gasteiger charge is -2.34. The Morgan fingerprint density at radius 1 is 0.447 bits per heavy atom. The smallest absolute Gasteiger partial charge is 0.0683 e. The third kappa shape index (κ3) is 2.86. The van der Waals surface area contributed by atoms with Crippen LogP contribution in [0, 0.1) is 6.92 Å². The molecule has 6 aromatic rings. The van der Waals surface area contributed by atoms with Gasteiger partial charge in [0.15, 0.2) is 0 Å². The quantitative estimate of drug-likeness (QED) is 0.228. The molecule has 0 nitrogen and oxygen atoms in total. The molecular formula is C38H30. The monoisotopic (exact) mass is 486 g/mol. The Hall–Kier alpha value is -4.42. The third-order valence-corrected chi connectivity index (χ3v) is 8.33. The molecule has 0 heterocycles. The molecule has 0 heteroatoms. The van der Waals surface area contributed by atoms with Gasteiger partial charge in [0.05, 0.1) is 5.41 Å². The van der Waals surface area contributed by atoms with Gasteiger partial charge in [-0.15, -0.1) is 0 Å². The van der Waals surface area contributed by atoms with Crippen LogP contribution in [-0.2, 0) is 5.41 Å². The fraction of sp³-hybridized carbons (Fsp3) is 0.105. The minimum absolute atomic E-state index is 0.378. The van der Waals surface area contributed by atoms with Crippen LogP contribution in [0.4, 0.5) is 0 Å². The van der Waals surface area contributed by atoms with Crippen molar-refractivity contribution in [2.45, 2.75) is 26.2 Å². The molecule has 2 aliphatic rings. The molecule has 0 radical (unpaired) electrons. The Balaban J connectivity index is 0.00000118. The second kappa shape index (κ2) is 8.57. The lowest BCUT2D eigenvalue weighted by Crippen LogP contribution is -2.28. The van der Waals surface area contributed by atoms with E-state index in [4.69, 9.17) is 0 Å². The standard InChI is InChI=1S/C36H24.C2H6/c1-23-19-20-29-32(21-23)36(24-11-4-2-5-12-24,25-13-6-3-7-14-25)33-22-31-27-16-9-8-15-26(27)28-17-10-18-30(34(28)31)35(29)33;1-2/h2-22H,1H3;1-2H3. The van der Waals surface area contributed by atoms with Crippen molar-refractivity contribution < 1.29 is 0 Å². The highest BCUT2D eigenvalue weighted by atomic mass is 14.5. The van der Waals surface area contributed by atoms with Crippen LogP contribution < -0.4 is 0 Å². The molecule has 0 aliphatic heterocycles. The number of hydrogen-bond donors (Lipinski definition) is 0. The van der Waals surface area contributed by atoms with E-state index in [-0.39, 0.29) is 5.41 Å². The maximum atomic E-state index is 2.52. The van der Waals surface area contributed by atoms with Gasteiger partial charge < -0.3 is 0 Å². The first kappa shape index (κ1) is 22.8. The van der Waals surface area contributed by atoms with E-state index in [2.05, 4.69) is 134 Å². The van der Waals surface area contributed by atoms with Crippen LogP contribution in [-0.4, -0.2) is 0 Å². The molecule has 8 rings (SSSR count). The molecule has 0 N–H and O–H groups in total. The Kier molecular flexibility index (Phi) is 5.13. The van der Waals surface area contributed by atoms with Gasteiger partial charge in [0.25, 0.3) is 0 Å². The van der Waals surface area contributed by atoms with E-state index >= 15 is 0 Å². The topological polar surface area (TPSA) is 0 Å². The second-order valence-corrected chi connectivity index (χ2v) is 10.2. The van der Waals surface area contributed by atoms with Crippen LogP contribution in [0.2, 0.25) is 0 Å². The highest BCUT2D eigenvalue weighted by Gasteiger charge is 2.47. The predicted molar refractivity (Wildman–Crippen MR) is 162 cm³/mol. The molecule has 0 saturated heterocycles. The van der Waals surface area contributed by atoms with Crippen molar-refractivity contribution >= 4 is 10.8 Å². The Labute approximate surface area is 225 Å². The van der Waals surface area contributed by atoms with Crippen molar-refractivity contribution in [3.8, 4) is 33.4 Å². The van der Waals surface area contributed by atoms with Crippen LogP contribution in [0.1, 0.15) is 41.7 Å². The molecule has 182 valence electrons. The lowest BCUT2D eigenvalue weighted by atomic mass is 9.67. The van der Waals surface area contributed by atoms with Gasteiger partial charge >= 0.3 is 0 Å². The summed E-state index contributed by atoms with van der Waals surface area (Å²) in [4.78, 5) is 0. The fourth-order valence-electron chi connectivity index (χ4n) is 6.96. The summed E-state index contributed by atoms with van der Waals surface area (Å²) in [5, 5.41) is 2.75. The zero-order valence-electron chi connectivity index (χ0n) is 22.1. The fourth-order valence-corrected chi connectivity index (χ4v) is 6.96. The first-order valence-electron chi connectivity index (χ1n) is 13.7. The van der Waals surface area contributed by atoms with E-state index in [1.54, 1.807) is 0 Å². The van der Waals surface area contributed by atoms with Crippen molar-refractivity contribution in [2.75, 3.05) is 0 Å². The van der Waals surface area contributed by atoms with Crippen molar-refractivity contribution in [1.82, 2.24) is 0 Å². The largest absolute Gasteiger partial charge is 0.0714 e. The highest BCUT2D eigenvalue weighted by Crippen LogP contribution is 2.61. The summed E-state index contributed by atoms with van der Waals surface area (Å²) < 4.78 is 0. The molecule has 2 aliphatic carbocycles. The average molecular weight is 487 g/mol. The van der Waals surface area contributed by atoms with Gasteiger partial charge in [0, 0.05) is 0 Å². The zero-order valence-corrected chi connectivity index (χ0v) is 22.1. The van der Waals surface area contributed by atoms with Crippen LogP contribution in [0.15, 0.2) is 127 Å². The molecule has 0 aromatic heterocycles. The van der Waals surface area contributed by atoms with Crippen LogP contribution >= 0.6 is 0 Å². The lowest BCUT2D eigenvalue weighted by molar-refractivity contribution is 0.768. The van der Waals surface area contributed by atoms with Gasteiger partial charge in [-0.2, -0.15) is 0 Å². The van der Waals surface area contributed by atoms with E-state index < -0.39 is 0 Å². The molecule has 6 aromatic carbocycles. The van der Waals surface area contributed by atoms with Gasteiger partial charge in [-0.1, -0.05) is 141 Å². The van der Waals surface area contributed by atoms with Crippen molar-refractivity contribution in [2.24, 2.45) is 0 Å². The van der Waals surface area contributed by atoms with E-state index in [9.17, 15) is 0 Å². The third-order valence-electron chi connectivity index (χ3n) is 8.33. The summed E-state index contributed by atoms with van der Waals surface area (Å²) in [5.74, 6) is 0. The summed E-state index contributed by atoms with van der Waals surface area (Å²) in [7, 11) is 0. The highest BCUT2D eigenvalue weighted by molar-refractivity contribution is 6.20. The molecule has 0 saturated carbocycles. The van der Waals surface area contributed by atoms with Gasteiger partial charge in [-0.3, -0.25) is 0 Å². The first-order chi connectivity index (χ1) is 18.8. The molecule has 0 amide bonds. The van der Waals surface area contributed by atoms with Gasteiger partial charge in [-0.25, -0.2) is 0 Å². The van der Waals surface area contributed by atoms with Crippen LogP contribution in [0.3, 0.4) is 0 Å². The van der Waals surface area contributed by atoms with Gasteiger partial charge in [0.1, 0.15) is 0 Å². The van der Waals surface area contributed by atoms with Gasteiger partial charge in [0.2, 0.25) is 0 Å². The average Bonchev–Trinajstić information content (AvgIpc) is 3.47. The molecular weight excluding hydrogens is 456 g/mol. The first-order valence-corrected chi connectivity index (χ1v) is 13.7. The predicted octanol–water partition coefficient (Wildman–Crippen LogP) is 10.2. The molecule has 0 unspecified atom stereocenters. The maximum absolute atomic E-state index is 2.52. The number of benzene rings is 6. The zero-order chi connectivity index (χ0) is 25.9. The number of aryl methyl sites for hydroxylation is 1. The molecule has 0 atom stereocenters. The van der Waals surface area contributed by atoms with E-state index in [1.807, 2.05) is 13.8 Å². The summed E-state index contributed by atoms with van der Waals surface area (Å²) >= 11 is 0. The normalized spacial score (nSPS) is 13.3. The Morgan fingerprint density at radius 2 is 1.03 bits per heavy atom. The summed E-state index contributed by atoms with van der Waals surface area (Å²) in [6.07, 6.45) is 0.